The molecule has 0 saturated carbocycles. The molecule has 0 atom stereocenters. The summed E-state index contributed by atoms with van der Waals surface area (Å²) in [5, 5.41) is 5.50. The fourth-order valence-electron chi connectivity index (χ4n) is 0. The van der Waals surface area contributed by atoms with E-state index in [1.165, 1.54) is 0 Å². The van der Waals surface area contributed by atoms with Crippen molar-refractivity contribution in [3.63, 3.8) is 0 Å². The van der Waals surface area contributed by atoms with Crippen LogP contribution in [0.15, 0.2) is 0 Å². The van der Waals surface area contributed by atoms with E-state index >= 15 is 0 Å². The Morgan fingerprint density at radius 3 is 1.25 bits per heavy atom. The quantitative estimate of drug-likeness (QED) is 0.638. The van der Waals surface area contributed by atoms with E-state index in [-0.39, 0.29) is 7.43 Å². The molecule has 4 heavy (non-hydrogen) atoms. The van der Waals surface area contributed by atoms with Crippen LogP contribution in [0.2, 0.25) is 0 Å². The van der Waals surface area contributed by atoms with E-state index in [9.17, 15) is 0 Å². The molecule has 0 aliphatic rings. The Balaban J connectivity index is -0.00000000500. The molecule has 0 fully saturated rings. The number of halogens is 1. The van der Waals surface area contributed by atoms with Crippen LogP contribution >= 0.6 is 0 Å². The van der Waals surface area contributed by atoms with Crippen LogP contribution in [0.1, 0.15) is 0 Å². The topological polar surface area (TPSA) is 20.2 Å². The van der Waals surface area contributed by atoms with Crippen molar-refractivity contribution in [3.05, 3.63) is 7.43 Å². The molecule has 0 aromatic rings. The Hall–Kier alpha value is -1.11. The Morgan fingerprint density at radius 2 is 1.25 bits per heavy atom. The van der Waals surface area contributed by atoms with E-state index < -0.39 is 0 Å². The Morgan fingerprint density at radius 1 is 1.25 bits per heavy atom. The van der Waals surface area contributed by atoms with Gasteiger partial charge in [-0.05, 0) is 0 Å². The minimum Gasteiger partial charge on any atom is -0.358 e. The second-order valence-corrected chi connectivity index (χ2v) is 0. The van der Waals surface area contributed by atoms with Gasteiger partial charge in [0.2, 0.25) is 0 Å². The maximum absolute atomic E-state index is 8.50. The Bertz CT molecular complexity index is 8.00. The second kappa shape index (κ2) is 1.22. The van der Waals surface area contributed by atoms with Crippen LogP contribution in [0.25, 0.3) is 0 Å². The van der Waals surface area contributed by atoms with Crippen LogP contribution < -0.4 is 0 Å². The summed E-state index contributed by atoms with van der Waals surface area (Å²) in [6.07, 6.45) is 0. The van der Waals surface area contributed by atoms with Gasteiger partial charge in [0.1, 0.15) is 0 Å². The van der Waals surface area contributed by atoms with Gasteiger partial charge in [-0.15, -0.1) is 0 Å². The van der Waals surface area contributed by atoms with Gasteiger partial charge in [0, 0.05) is 0 Å². The van der Waals surface area contributed by atoms with Crippen molar-refractivity contribution < 1.29 is 9.84 Å². The first-order valence-electron chi connectivity index (χ1n) is 0.169. The van der Waals surface area contributed by atoms with Crippen molar-refractivity contribution >= 4 is 0 Å². The SMILES string of the molecule is OF.[CH3-].[Rf]. The molecule has 0 aliphatic carbocycles. The van der Waals surface area contributed by atoms with Crippen molar-refractivity contribution in [2.75, 3.05) is 0 Å². The third kappa shape index (κ3) is 0.00874. The minimum absolute atomic E-state index is 0. The fourth-order valence-corrected chi connectivity index (χ4v) is 0. The van der Waals surface area contributed by atoms with Gasteiger partial charge < -0.3 is 7.43 Å². The zero-order valence-electron chi connectivity index (χ0n) is 2.53. The molecule has 1 N–H and O–H groups in total. The summed E-state index contributed by atoms with van der Waals surface area (Å²) in [4.78, 5) is 0. The summed E-state index contributed by atoms with van der Waals surface area (Å²) in [6, 6.07) is 0. The van der Waals surface area contributed by atoms with Gasteiger partial charge in [-0.3, -0.25) is 0 Å². The van der Waals surface area contributed by atoms with Crippen molar-refractivity contribution in [2.45, 2.75) is 0 Å². The van der Waals surface area contributed by atoms with E-state index in [1.54, 1.807) is 0 Å². The molecule has 0 saturated heterocycles. The summed E-state index contributed by atoms with van der Waals surface area (Å²) in [7, 11) is 0. The van der Waals surface area contributed by atoms with Gasteiger partial charge >= 0.3 is 0 Å². The summed E-state index contributed by atoms with van der Waals surface area (Å²) >= 11 is 0. The van der Waals surface area contributed by atoms with Gasteiger partial charge in [0.15, 0.2) is 0 Å². The standard InChI is InChI=1S/CH3.FHO.Rf/c;1-2;/h1H3;2H;/q-1;;. The molecule has 0 bridgehead atoms. The minimum atomic E-state index is 0. The van der Waals surface area contributed by atoms with Gasteiger partial charge in [0.25, 0.3) is 0 Å². The summed E-state index contributed by atoms with van der Waals surface area (Å²) in [6.45, 7) is 0. The van der Waals surface area contributed by atoms with Gasteiger partial charge in [-0.2, -0.15) is 0 Å². The molecule has 0 radical (unpaired) electrons. The smallest absolute Gasteiger partial charge is 0 e. The average Bonchev–Trinajstić information content (AvgIpc) is 1.00. The Kier molecular flexibility index (Phi) is 259. The molecule has 0 amide bonds. The predicted molar refractivity (Wildman–Crippen MR) is 9.74 cm³/mol. The molecule has 0 aromatic heterocycles. The molecule has 0 unspecified atom stereocenters. The molecule has 1 nitrogen and oxygen atoms in total. The van der Waals surface area contributed by atoms with Crippen LogP contribution in [-0.4, -0.2) is 5.31 Å². The van der Waals surface area contributed by atoms with E-state index in [4.69, 9.17) is 9.84 Å². The van der Waals surface area contributed by atoms with Gasteiger partial charge in [-0.1, -0.05) is 4.53 Å². The van der Waals surface area contributed by atoms with Crippen molar-refractivity contribution in [3.8, 4) is 0 Å². The number of rotatable bonds is 0. The molecule has 0 aromatic carbocycles. The molecular weight excluding hydrogens is 314 g/mol. The first kappa shape index (κ1) is 853. The average molecular weight is 318 g/mol. The molecule has 24 valence electrons. The maximum Gasteiger partial charge on any atom is 0 e. The zero-order valence-corrected chi connectivity index (χ0v) is 8.93. The first-order valence-corrected chi connectivity index (χ1v) is 0.169. The van der Waals surface area contributed by atoms with E-state index in [2.05, 4.69) is 0 Å². The molecule has 0 rings (SSSR count). The van der Waals surface area contributed by atoms with Gasteiger partial charge in [0.05, 0.1) is 0 Å². The normalized spacial score (nSPS) is 1.50. The Labute approximate surface area is 18.6 Å². The third-order valence-electron chi connectivity index (χ3n) is 0. The predicted octanol–water partition coefficient (Wildman–Crippen LogP) is 0.313. The van der Waals surface area contributed by atoms with Crippen LogP contribution in [0.4, 0.5) is 4.53 Å². The largest absolute Gasteiger partial charge is 0.358 e. The molecular formula is CH4FORf-. The van der Waals surface area contributed by atoms with Crippen LogP contribution in [0.5, 0.6) is 0 Å². The van der Waals surface area contributed by atoms with Crippen LogP contribution in [0, 0.1) is 7.43 Å². The maximum atomic E-state index is 8.50. The third-order valence-corrected chi connectivity index (χ3v) is 0. The van der Waals surface area contributed by atoms with Crippen molar-refractivity contribution in [1.82, 2.24) is 0 Å². The van der Waals surface area contributed by atoms with Crippen LogP contribution in [-0.2, 0) is 0 Å². The monoisotopic (exact) mass is 318 g/mol. The molecule has 0 heterocycles. The van der Waals surface area contributed by atoms with Crippen LogP contribution in [0.3, 0.4) is 0 Å². The summed E-state index contributed by atoms with van der Waals surface area (Å²) < 4.78 is 8.50. The van der Waals surface area contributed by atoms with E-state index in [0.29, 0.717) is 0 Å². The number of hydrogen-bond acceptors (Lipinski definition) is 1. The second-order valence-electron chi connectivity index (χ2n) is 0. The van der Waals surface area contributed by atoms with Crippen molar-refractivity contribution in [1.29, 1.82) is 0 Å². The molecule has 0 aliphatic heterocycles. The van der Waals surface area contributed by atoms with Gasteiger partial charge in [-0.25, -0.2) is 5.31 Å². The summed E-state index contributed by atoms with van der Waals surface area (Å²) in [5.41, 5.74) is 0. The van der Waals surface area contributed by atoms with E-state index in [0.717, 1.165) is 0 Å². The van der Waals surface area contributed by atoms with E-state index in [1.807, 2.05) is 0 Å². The number of hydrogen-bond donors (Lipinski definition) is 1. The summed E-state index contributed by atoms with van der Waals surface area (Å²) in [5.74, 6) is 0. The first-order chi connectivity index (χ1) is 1.00. The molecule has 3 heteroatoms. The molecule has 0 spiro atoms. The fraction of sp³-hybridized carbons (Fsp3) is 0. The zero-order chi connectivity index (χ0) is 2.00. The van der Waals surface area contributed by atoms with Crippen molar-refractivity contribution in [2.24, 2.45) is 0 Å².